The number of rotatable bonds is 3. The van der Waals surface area contributed by atoms with Crippen molar-refractivity contribution >= 4 is 23.6 Å². The van der Waals surface area contributed by atoms with Crippen LogP contribution in [0.5, 0.6) is 0 Å². The first-order valence-electron chi connectivity index (χ1n) is 6.37. The maximum Gasteiger partial charge on any atom is 0.234 e. The van der Waals surface area contributed by atoms with Gasteiger partial charge in [-0.25, -0.2) is 0 Å². The van der Waals surface area contributed by atoms with Crippen LogP contribution in [0.4, 0.5) is 0 Å². The predicted molar refractivity (Wildman–Crippen MR) is 74.8 cm³/mol. The quantitative estimate of drug-likeness (QED) is 0.497. The lowest BCUT2D eigenvalue weighted by Crippen LogP contribution is -2.48. The number of nitrogens with zero attached hydrogens (tertiary/aromatic N) is 3. The Morgan fingerprint density at radius 2 is 2.17 bits per heavy atom. The highest BCUT2D eigenvalue weighted by Gasteiger charge is 2.15. The van der Waals surface area contributed by atoms with Gasteiger partial charge in [0.1, 0.15) is 0 Å². The minimum absolute atomic E-state index is 0.103. The molecule has 0 saturated carbocycles. The Bertz CT molecular complexity index is 317. The second-order valence-corrected chi connectivity index (χ2v) is 5.69. The monoisotopic (exact) mass is 271 g/mol. The lowest BCUT2D eigenvalue weighted by atomic mass is 10.3. The average Bonchev–Trinajstić information content (AvgIpc) is 2.40. The molecule has 0 aliphatic carbocycles. The molecule has 2 rings (SSSR count). The van der Waals surface area contributed by atoms with Crippen LogP contribution in [-0.2, 0) is 4.79 Å². The van der Waals surface area contributed by atoms with Gasteiger partial charge in [0.05, 0.1) is 13.1 Å². The number of thioether (sulfide) groups is 1. The summed E-state index contributed by atoms with van der Waals surface area (Å²) in [6.45, 7) is 5.58. The maximum absolute atomic E-state index is 11.2. The number of carbonyl (C=O) groups is 1. The van der Waals surface area contributed by atoms with E-state index < -0.39 is 0 Å². The summed E-state index contributed by atoms with van der Waals surface area (Å²) in [6, 6.07) is 0. The van der Waals surface area contributed by atoms with Crippen molar-refractivity contribution in [3.8, 4) is 0 Å². The minimum Gasteiger partial charge on any atom is -0.370 e. The normalized spacial score (nSPS) is 23.0. The van der Waals surface area contributed by atoms with Crippen LogP contribution in [0, 0.1) is 0 Å². The minimum atomic E-state index is 0.103. The summed E-state index contributed by atoms with van der Waals surface area (Å²) in [7, 11) is 0. The molecule has 2 heterocycles. The van der Waals surface area contributed by atoms with Crippen molar-refractivity contribution in [1.82, 2.24) is 15.1 Å². The van der Waals surface area contributed by atoms with Crippen LogP contribution < -0.4 is 11.1 Å². The Hall–Kier alpha value is -0.950. The zero-order chi connectivity index (χ0) is 12.8. The van der Waals surface area contributed by atoms with Gasteiger partial charge in [-0.15, -0.1) is 0 Å². The van der Waals surface area contributed by atoms with Crippen LogP contribution in [-0.4, -0.2) is 79.0 Å². The van der Waals surface area contributed by atoms with Crippen LogP contribution in [0.1, 0.15) is 0 Å². The van der Waals surface area contributed by atoms with E-state index in [0.29, 0.717) is 19.0 Å². The van der Waals surface area contributed by atoms with E-state index in [1.165, 1.54) is 0 Å². The van der Waals surface area contributed by atoms with Crippen LogP contribution in [0.15, 0.2) is 4.99 Å². The van der Waals surface area contributed by atoms with Crippen LogP contribution in [0.2, 0.25) is 0 Å². The highest BCUT2D eigenvalue weighted by Crippen LogP contribution is 2.08. The molecule has 18 heavy (non-hydrogen) atoms. The molecule has 0 bridgehead atoms. The summed E-state index contributed by atoms with van der Waals surface area (Å²) in [6.07, 6.45) is 0. The molecule has 6 nitrogen and oxygen atoms in total. The first-order chi connectivity index (χ1) is 8.75. The third-order valence-corrected chi connectivity index (χ3v) is 4.09. The third kappa shape index (κ3) is 4.06. The summed E-state index contributed by atoms with van der Waals surface area (Å²) in [4.78, 5) is 19.8. The van der Waals surface area contributed by atoms with Gasteiger partial charge in [-0.3, -0.25) is 14.7 Å². The van der Waals surface area contributed by atoms with E-state index in [1.807, 2.05) is 11.8 Å². The number of amides is 1. The van der Waals surface area contributed by atoms with E-state index in [2.05, 4.69) is 20.1 Å². The summed E-state index contributed by atoms with van der Waals surface area (Å²) in [5, 5.41) is 2.81. The van der Waals surface area contributed by atoms with Crippen molar-refractivity contribution in [2.45, 2.75) is 0 Å². The number of hydrogen-bond donors (Lipinski definition) is 2. The SMILES string of the molecule is NC(=NCCN1CCNC(=O)C1)N1CCSCC1. The number of carbonyl (C=O) groups excluding carboxylic acids is 1. The van der Waals surface area contributed by atoms with Crippen LogP contribution in [0.3, 0.4) is 0 Å². The van der Waals surface area contributed by atoms with E-state index in [1.54, 1.807) is 0 Å². The van der Waals surface area contributed by atoms with Crippen molar-refractivity contribution in [3.05, 3.63) is 0 Å². The van der Waals surface area contributed by atoms with Gasteiger partial charge < -0.3 is 16.0 Å². The molecule has 1 amide bonds. The zero-order valence-corrected chi connectivity index (χ0v) is 11.4. The smallest absolute Gasteiger partial charge is 0.234 e. The van der Waals surface area contributed by atoms with Crippen molar-refractivity contribution < 1.29 is 4.79 Å². The molecule has 7 heteroatoms. The van der Waals surface area contributed by atoms with E-state index in [9.17, 15) is 4.79 Å². The number of aliphatic imine (C=N–C) groups is 1. The largest absolute Gasteiger partial charge is 0.370 e. The van der Waals surface area contributed by atoms with Gasteiger partial charge in [0.25, 0.3) is 0 Å². The van der Waals surface area contributed by atoms with Gasteiger partial charge in [0.2, 0.25) is 5.91 Å². The highest BCUT2D eigenvalue weighted by molar-refractivity contribution is 7.99. The van der Waals surface area contributed by atoms with Gasteiger partial charge in [0.15, 0.2) is 5.96 Å². The molecule has 2 fully saturated rings. The standard InChI is InChI=1S/C11H21N5OS/c12-11(16-5-7-18-8-6-16)14-2-4-15-3-1-13-10(17)9-15/h1-9H2,(H2,12,14)(H,13,17). The molecule has 102 valence electrons. The predicted octanol–water partition coefficient (Wildman–Crippen LogP) is -1.22. The molecule has 0 atom stereocenters. The van der Waals surface area contributed by atoms with E-state index in [4.69, 9.17) is 5.73 Å². The molecule has 2 aliphatic heterocycles. The van der Waals surface area contributed by atoms with Crippen molar-refractivity contribution in [1.29, 1.82) is 0 Å². The zero-order valence-electron chi connectivity index (χ0n) is 10.6. The Balaban J connectivity index is 1.70. The lowest BCUT2D eigenvalue weighted by Gasteiger charge is -2.28. The van der Waals surface area contributed by atoms with E-state index >= 15 is 0 Å². The van der Waals surface area contributed by atoms with Crippen molar-refractivity contribution in [2.24, 2.45) is 10.7 Å². The Kier molecular flexibility index (Phi) is 5.12. The van der Waals surface area contributed by atoms with Gasteiger partial charge in [0, 0.05) is 44.2 Å². The summed E-state index contributed by atoms with van der Waals surface area (Å²) >= 11 is 1.96. The lowest BCUT2D eigenvalue weighted by molar-refractivity contribution is -0.124. The molecule has 0 aromatic heterocycles. The molecule has 2 saturated heterocycles. The van der Waals surface area contributed by atoms with Gasteiger partial charge in [-0.1, -0.05) is 0 Å². The fraction of sp³-hybridized carbons (Fsp3) is 0.818. The Morgan fingerprint density at radius 1 is 1.39 bits per heavy atom. The van der Waals surface area contributed by atoms with E-state index in [-0.39, 0.29) is 5.91 Å². The first kappa shape index (κ1) is 13.5. The molecule has 3 N–H and O–H groups in total. The van der Waals surface area contributed by atoms with Crippen molar-refractivity contribution in [2.75, 3.05) is 57.3 Å². The molecule has 2 aliphatic rings. The average molecular weight is 271 g/mol. The number of piperazine rings is 1. The fourth-order valence-electron chi connectivity index (χ4n) is 2.08. The molecular formula is C11H21N5OS. The molecule has 0 unspecified atom stereocenters. The maximum atomic E-state index is 11.2. The fourth-order valence-corrected chi connectivity index (χ4v) is 2.98. The molecule has 0 aromatic rings. The molecule has 0 spiro atoms. The van der Waals surface area contributed by atoms with Gasteiger partial charge in [-0.05, 0) is 0 Å². The number of nitrogens with two attached hydrogens (primary N) is 1. The second kappa shape index (κ2) is 6.84. The van der Waals surface area contributed by atoms with Crippen LogP contribution >= 0.6 is 11.8 Å². The van der Waals surface area contributed by atoms with Gasteiger partial charge >= 0.3 is 0 Å². The topological polar surface area (TPSA) is 74.0 Å². The highest BCUT2D eigenvalue weighted by atomic mass is 32.2. The van der Waals surface area contributed by atoms with E-state index in [0.717, 1.165) is 44.2 Å². The second-order valence-electron chi connectivity index (χ2n) is 4.47. The number of guanidine groups is 1. The third-order valence-electron chi connectivity index (χ3n) is 3.14. The Labute approximate surface area is 112 Å². The summed E-state index contributed by atoms with van der Waals surface area (Å²) in [5.74, 6) is 3.01. The summed E-state index contributed by atoms with van der Waals surface area (Å²) < 4.78 is 0. The van der Waals surface area contributed by atoms with Gasteiger partial charge in [-0.2, -0.15) is 11.8 Å². The number of nitrogens with one attached hydrogen (secondary N) is 1. The molecule has 0 radical (unpaired) electrons. The molecule has 0 aromatic carbocycles. The van der Waals surface area contributed by atoms with Crippen LogP contribution in [0.25, 0.3) is 0 Å². The summed E-state index contributed by atoms with van der Waals surface area (Å²) in [5.41, 5.74) is 5.96. The number of hydrogen-bond acceptors (Lipinski definition) is 4. The van der Waals surface area contributed by atoms with Crippen molar-refractivity contribution in [3.63, 3.8) is 0 Å². The first-order valence-corrected chi connectivity index (χ1v) is 7.53. The molecular weight excluding hydrogens is 250 g/mol. The Morgan fingerprint density at radius 3 is 2.89 bits per heavy atom.